The lowest BCUT2D eigenvalue weighted by molar-refractivity contribution is -0.660. The molecule has 0 N–H and O–H groups in total. The maximum atomic E-state index is 8.05. The second-order valence-corrected chi connectivity index (χ2v) is 11.1. The highest BCUT2D eigenvalue weighted by Gasteiger charge is 2.51. The van der Waals surface area contributed by atoms with Crippen molar-refractivity contribution in [1.29, 1.82) is 0 Å². The van der Waals surface area contributed by atoms with Gasteiger partial charge in [0.1, 0.15) is 18.2 Å². The molecule has 2 heterocycles. The average molecular weight is 434 g/mol. The zero-order valence-corrected chi connectivity index (χ0v) is 19.4. The van der Waals surface area contributed by atoms with Crippen LogP contribution >= 0.6 is 0 Å². The van der Waals surface area contributed by atoms with E-state index in [2.05, 4.69) is 66.0 Å². The highest BCUT2D eigenvalue weighted by molar-refractivity contribution is 6.15. The lowest BCUT2D eigenvalue weighted by Crippen LogP contribution is -2.48. The monoisotopic (exact) mass is 433 g/mol. The van der Waals surface area contributed by atoms with Gasteiger partial charge in [-0.15, -0.1) is 0 Å². The molecule has 4 aromatic rings. The minimum absolute atomic E-state index is 0.256. The number of hydrogen-bond donors (Lipinski definition) is 0. The highest BCUT2D eigenvalue weighted by Crippen LogP contribution is 2.61. The van der Waals surface area contributed by atoms with Gasteiger partial charge in [-0.2, -0.15) is 0 Å². The number of nitrogens with zero attached hydrogens (tertiary/aromatic N) is 2. The van der Waals surface area contributed by atoms with Gasteiger partial charge in [0.2, 0.25) is 5.69 Å². The fraction of sp³-hybridized carbons (Fsp3) is 0.400. The summed E-state index contributed by atoms with van der Waals surface area (Å²) in [5.41, 5.74) is 7.60. The van der Waals surface area contributed by atoms with E-state index in [9.17, 15) is 0 Å². The van der Waals surface area contributed by atoms with Crippen LogP contribution in [0.15, 0.2) is 53.1 Å². The molecule has 33 heavy (non-hydrogen) atoms. The van der Waals surface area contributed by atoms with Gasteiger partial charge in [-0.25, -0.2) is 9.41 Å². The number of aryl methyl sites for hydroxylation is 2. The molecule has 4 fully saturated rings. The van der Waals surface area contributed by atoms with Crippen molar-refractivity contribution in [2.45, 2.75) is 50.9 Å². The molecule has 4 saturated carbocycles. The van der Waals surface area contributed by atoms with E-state index in [0.717, 1.165) is 56.6 Å². The molecule has 4 aliphatic rings. The number of hydrogen-bond acceptors (Lipinski definition) is 1. The highest BCUT2D eigenvalue weighted by atomic mass is 16.3. The first-order valence-corrected chi connectivity index (χ1v) is 12.4. The number of rotatable bonds is 2. The molecule has 164 valence electrons. The minimum Gasteiger partial charge on any atom is -0.457 e. The van der Waals surface area contributed by atoms with Crippen molar-refractivity contribution < 1.29 is 8.98 Å². The number of pyridine rings is 1. The van der Waals surface area contributed by atoms with E-state index < -0.39 is 0 Å². The summed E-state index contributed by atoms with van der Waals surface area (Å²) >= 11 is 0. The second kappa shape index (κ2) is 6.70. The minimum atomic E-state index is 0.256. The van der Waals surface area contributed by atoms with Crippen LogP contribution in [-0.2, 0) is 12.5 Å². The second-order valence-electron chi connectivity index (χ2n) is 11.1. The van der Waals surface area contributed by atoms with E-state index >= 15 is 0 Å². The molecule has 0 aliphatic heterocycles. The molecule has 0 atom stereocenters. The van der Waals surface area contributed by atoms with Gasteiger partial charge < -0.3 is 4.42 Å². The van der Waals surface area contributed by atoms with Gasteiger partial charge in [-0.1, -0.05) is 18.2 Å². The summed E-state index contributed by atoms with van der Waals surface area (Å²) in [4.78, 5) is 4.04. The lowest BCUT2D eigenvalue weighted by Gasteiger charge is -2.57. The largest absolute Gasteiger partial charge is 0.457 e. The normalized spacial score (nSPS) is 28.0. The zero-order valence-electron chi connectivity index (χ0n) is 19.4. The number of benzene rings is 2. The predicted octanol–water partition coefficient (Wildman–Crippen LogP) is 7.40. The van der Waals surface area contributed by atoms with Gasteiger partial charge in [-0.3, -0.25) is 0 Å². The molecule has 3 heteroatoms. The number of fused-ring (bicyclic) bond motifs is 3. The summed E-state index contributed by atoms with van der Waals surface area (Å²) < 4.78 is 8.81. The van der Waals surface area contributed by atoms with Crippen LogP contribution in [-0.4, -0.2) is 0 Å². The third-order valence-corrected chi connectivity index (χ3v) is 9.01. The Balaban J connectivity index is 1.48. The Morgan fingerprint density at radius 2 is 1.73 bits per heavy atom. The van der Waals surface area contributed by atoms with Crippen LogP contribution in [0.3, 0.4) is 0 Å². The van der Waals surface area contributed by atoms with E-state index in [1.165, 1.54) is 49.7 Å². The molecule has 0 unspecified atom stereocenters. The van der Waals surface area contributed by atoms with Crippen molar-refractivity contribution in [3.63, 3.8) is 0 Å². The molecular weight excluding hydrogens is 404 g/mol. The quantitative estimate of drug-likeness (QED) is 0.238. The van der Waals surface area contributed by atoms with Gasteiger partial charge >= 0.3 is 0 Å². The third kappa shape index (κ3) is 2.70. The van der Waals surface area contributed by atoms with Crippen LogP contribution in [0.25, 0.3) is 38.0 Å². The Morgan fingerprint density at radius 1 is 1.00 bits per heavy atom. The first-order chi connectivity index (χ1) is 16.0. The molecule has 0 amide bonds. The first kappa shape index (κ1) is 19.4. The summed E-state index contributed by atoms with van der Waals surface area (Å²) in [6, 6.07) is 15.1. The Morgan fingerprint density at radius 3 is 2.39 bits per heavy atom. The van der Waals surface area contributed by atoms with Crippen LogP contribution in [0.5, 0.6) is 0 Å². The Kier molecular flexibility index (Phi) is 3.93. The van der Waals surface area contributed by atoms with Gasteiger partial charge in [0, 0.05) is 22.9 Å². The molecule has 4 aliphatic carbocycles. The van der Waals surface area contributed by atoms with Gasteiger partial charge in [0.15, 0.2) is 11.9 Å². The lowest BCUT2D eigenvalue weighted by atomic mass is 9.48. The van der Waals surface area contributed by atoms with Crippen molar-refractivity contribution in [2.75, 3.05) is 0 Å². The van der Waals surface area contributed by atoms with Crippen LogP contribution in [0.2, 0.25) is 0 Å². The standard InChI is InChI=1S/C30H29N2O/c1-18-7-8-23-28-24(31-2)13-22(30-15-19-10-20(16-30)12-21(11-19)17-30)14-26(28)33-29(23)27(18)25-6-4-5-9-32(25)3/h4-9,13-14,19-21H,10-12,15-17H2,1,3H3/q+1. The van der Waals surface area contributed by atoms with Gasteiger partial charge in [0.05, 0.1) is 12.1 Å². The molecule has 0 spiro atoms. The molecule has 2 aromatic heterocycles. The Bertz CT molecular complexity index is 1450. The maximum Gasteiger partial charge on any atom is 0.216 e. The molecule has 0 saturated heterocycles. The fourth-order valence-electron chi connectivity index (χ4n) is 8.01. The molecule has 4 bridgehead atoms. The van der Waals surface area contributed by atoms with E-state index in [0.29, 0.717) is 0 Å². The Labute approximate surface area is 194 Å². The van der Waals surface area contributed by atoms with Gasteiger partial charge in [0.25, 0.3) is 0 Å². The van der Waals surface area contributed by atoms with E-state index in [4.69, 9.17) is 11.0 Å². The van der Waals surface area contributed by atoms with Crippen molar-refractivity contribution in [1.82, 2.24) is 0 Å². The molecule has 8 rings (SSSR count). The van der Waals surface area contributed by atoms with Crippen LogP contribution in [0.1, 0.15) is 49.7 Å². The molecule has 0 radical (unpaired) electrons. The molecular formula is C30H29N2O+. The van der Waals surface area contributed by atoms with E-state index in [1.807, 2.05) is 6.07 Å². The van der Waals surface area contributed by atoms with Crippen LogP contribution in [0.4, 0.5) is 5.69 Å². The van der Waals surface area contributed by atoms with E-state index in [-0.39, 0.29) is 5.41 Å². The van der Waals surface area contributed by atoms with E-state index in [1.54, 1.807) is 0 Å². The van der Waals surface area contributed by atoms with Crippen LogP contribution in [0, 0.1) is 31.2 Å². The zero-order chi connectivity index (χ0) is 22.3. The summed E-state index contributed by atoms with van der Waals surface area (Å²) in [7, 11) is 2.08. The SMILES string of the molecule is [C-]#[N+]c1cc(C23CC4CC(CC(C4)C2)C3)cc2oc3c(-c4cccc[n+]4C)c(C)ccc3c12. The summed E-state index contributed by atoms with van der Waals surface area (Å²) in [5, 5.41) is 2.03. The third-order valence-electron chi connectivity index (χ3n) is 9.01. The number of furan rings is 1. The number of aromatic nitrogens is 1. The molecule has 3 nitrogen and oxygen atoms in total. The van der Waals surface area contributed by atoms with Crippen molar-refractivity contribution in [2.24, 2.45) is 24.8 Å². The van der Waals surface area contributed by atoms with Crippen molar-refractivity contribution in [3.05, 3.63) is 71.2 Å². The topological polar surface area (TPSA) is 21.4 Å². The fourth-order valence-corrected chi connectivity index (χ4v) is 8.01. The molecule has 2 aromatic carbocycles. The van der Waals surface area contributed by atoms with Gasteiger partial charge in [-0.05, 0) is 91.9 Å². The maximum absolute atomic E-state index is 8.05. The van der Waals surface area contributed by atoms with Crippen molar-refractivity contribution in [3.8, 4) is 11.3 Å². The predicted molar refractivity (Wildman–Crippen MR) is 131 cm³/mol. The summed E-state index contributed by atoms with van der Waals surface area (Å²) in [6.45, 7) is 10.2. The average Bonchev–Trinajstić information content (AvgIpc) is 3.17. The van der Waals surface area contributed by atoms with Crippen molar-refractivity contribution >= 4 is 27.6 Å². The summed E-state index contributed by atoms with van der Waals surface area (Å²) in [5.74, 6) is 2.64. The smallest absolute Gasteiger partial charge is 0.216 e. The first-order valence-electron chi connectivity index (χ1n) is 12.4. The summed E-state index contributed by atoms with van der Waals surface area (Å²) in [6.07, 6.45) is 10.3. The van der Waals surface area contributed by atoms with Crippen LogP contribution < -0.4 is 4.57 Å². The Hall–Kier alpha value is -3.12.